The maximum atomic E-state index is 13.0. The number of hydrogen-bond acceptors (Lipinski definition) is 3. The van der Waals surface area contributed by atoms with Crippen LogP contribution in [0.2, 0.25) is 0 Å². The van der Waals surface area contributed by atoms with E-state index in [0.29, 0.717) is 12.0 Å². The van der Waals surface area contributed by atoms with Crippen LogP contribution in [0.5, 0.6) is 0 Å². The smallest absolute Gasteiger partial charge is 0.311 e. The number of nitrogens with one attached hydrogen (secondary N) is 1. The van der Waals surface area contributed by atoms with Crippen LogP contribution in [0.15, 0.2) is 24.3 Å². The Kier molecular flexibility index (Phi) is 2.56. The van der Waals surface area contributed by atoms with Gasteiger partial charge < -0.3 is 14.5 Å². The first kappa shape index (κ1) is 15.5. The van der Waals surface area contributed by atoms with E-state index in [2.05, 4.69) is 43.6 Å². The van der Waals surface area contributed by atoms with Crippen molar-refractivity contribution in [3.8, 4) is 0 Å². The molecule has 26 heavy (non-hydrogen) atoms. The van der Waals surface area contributed by atoms with Crippen molar-refractivity contribution < 1.29 is 14.0 Å². The van der Waals surface area contributed by atoms with Crippen LogP contribution in [-0.2, 0) is 14.9 Å². The number of para-hydroxylation sites is 1. The molecule has 1 unspecified atom stereocenters. The molecular formula is C22H29N2O2+. The van der Waals surface area contributed by atoms with Crippen molar-refractivity contribution in [1.82, 2.24) is 0 Å². The Morgan fingerprint density at radius 2 is 2.08 bits per heavy atom. The van der Waals surface area contributed by atoms with Gasteiger partial charge in [0.15, 0.2) is 0 Å². The average molecular weight is 353 g/mol. The van der Waals surface area contributed by atoms with Crippen LogP contribution in [-0.4, -0.2) is 49.3 Å². The second kappa shape index (κ2) is 4.30. The van der Waals surface area contributed by atoms with Gasteiger partial charge in [0.1, 0.15) is 6.04 Å². The molecule has 3 heterocycles. The van der Waals surface area contributed by atoms with E-state index in [4.69, 9.17) is 4.74 Å². The number of fused-ring (bicyclic) bond motifs is 1. The highest BCUT2D eigenvalue weighted by atomic mass is 16.5. The van der Waals surface area contributed by atoms with E-state index in [-0.39, 0.29) is 28.3 Å². The third-order valence-corrected chi connectivity index (χ3v) is 9.62. The summed E-state index contributed by atoms with van der Waals surface area (Å²) in [6.45, 7) is 4.98. The van der Waals surface area contributed by atoms with E-state index in [0.717, 1.165) is 6.42 Å². The van der Waals surface area contributed by atoms with Crippen molar-refractivity contribution in [2.24, 2.45) is 17.3 Å². The van der Waals surface area contributed by atoms with Crippen LogP contribution in [0.4, 0.5) is 5.69 Å². The summed E-state index contributed by atoms with van der Waals surface area (Å²) in [7, 11) is 4.06. The van der Waals surface area contributed by atoms with Crippen molar-refractivity contribution in [2.75, 3.05) is 32.6 Å². The van der Waals surface area contributed by atoms with Gasteiger partial charge in [-0.05, 0) is 36.8 Å². The van der Waals surface area contributed by atoms with Crippen LogP contribution >= 0.6 is 0 Å². The summed E-state index contributed by atoms with van der Waals surface area (Å²) >= 11 is 0. The Morgan fingerprint density at radius 3 is 2.88 bits per heavy atom. The van der Waals surface area contributed by atoms with Gasteiger partial charge in [-0.25, -0.2) is 0 Å². The minimum Gasteiger partial charge on any atom is -0.469 e. The van der Waals surface area contributed by atoms with Crippen LogP contribution in [0.1, 0.15) is 38.2 Å². The molecule has 138 valence electrons. The summed E-state index contributed by atoms with van der Waals surface area (Å²) in [4.78, 5) is 13.0. The van der Waals surface area contributed by atoms with Crippen LogP contribution in [0.3, 0.4) is 0 Å². The number of methoxy groups -OCH3 is 1. The van der Waals surface area contributed by atoms with Gasteiger partial charge in [-0.2, -0.15) is 0 Å². The van der Waals surface area contributed by atoms with Crippen LogP contribution in [0, 0.1) is 17.3 Å². The van der Waals surface area contributed by atoms with Gasteiger partial charge in [0.05, 0.1) is 44.1 Å². The van der Waals surface area contributed by atoms with Crippen molar-refractivity contribution in [3.05, 3.63) is 29.8 Å². The normalized spacial score (nSPS) is 52.2. The summed E-state index contributed by atoms with van der Waals surface area (Å²) in [6, 6.07) is 9.52. The molecule has 0 amide bonds. The highest BCUT2D eigenvalue weighted by Gasteiger charge is 2.89. The lowest BCUT2D eigenvalue weighted by molar-refractivity contribution is -0.936. The quantitative estimate of drug-likeness (QED) is 0.623. The first-order valence-corrected chi connectivity index (χ1v) is 10.3. The Hall–Kier alpha value is -1.55. The Balaban J connectivity index is 1.69. The minimum atomic E-state index is -0.172. The molecule has 1 aromatic carbocycles. The number of quaternary nitrogens is 1. The second-order valence-corrected chi connectivity index (χ2v) is 9.93. The maximum absolute atomic E-state index is 13.0. The number of benzene rings is 1. The lowest BCUT2D eigenvalue weighted by Crippen LogP contribution is -2.67. The fraction of sp³-hybridized carbons (Fsp3) is 0.682. The lowest BCUT2D eigenvalue weighted by Gasteiger charge is -2.54. The molecule has 4 heteroatoms. The molecule has 0 aromatic heterocycles. The molecule has 2 aliphatic carbocycles. The first-order valence-electron chi connectivity index (χ1n) is 10.3. The summed E-state index contributed by atoms with van der Waals surface area (Å²) in [5.74, 6) is 0.462. The molecule has 4 nitrogen and oxygen atoms in total. The SMILES string of the molecule is COC(=O)[C@H]1C[C@@]23CCC[N+]4(C)CC[C@@]5(c6ccccc6N[C@]15[C@@H]2C)[C@H]34. The molecule has 5 aliphatic rings. The Bertz CT molecular complexity index is 839. The average Bonchev–Trinajstić information content (AvgIpc) is 3.27. The molecule has 7 atom stereocenters. The number of esters is 1. The van der Waals surface area contributed by atoms with Crippen molar-refractivity contribution >= 4 is 11.7 Å². The molecular weight excluding hydrogens is 324 g/mol. The number of carbonyl (C=O) groups excluding carboxylic acids is 1. The molecule has 1 N–H and O–H groups in total. The van der Waals surface area contributed by atoms with E-state index in [1.165, 1.54) is 48.1 Å². The number of anilines is 1. The van der Waals surface area contributed by atoms with Crippen LogP contribution < -0.4 is 5.32 Å². The third-order valence-electron chi connectivity index (χ3n) is 9.62. The Morgan fingerprint density at radius 1 is 1.27 bits per heavy atom. The molecule has 0 radical (unpaired) electrons. The van der Waals surface area contributed by atoms with Gasteiger partial charge in [-0.3, -0.25) is 4.79 Å². The number of likely N-dealkylation sites (N-methyl/N-ethyl adjacent to an activating group) is 1. The van der Waals surface area contributed by atoms with Gasteiger partial charge in [-0.15, -0.1) is 0 Å². The van der Waals surface area contributed by atoms with E-state index in [1.54, 1.807) is 7.11 Å². The largest absolute Gasteiger partial charge is 0.469 e. The fourth-order valence-electron chi connectivity index (χ4n) is 9.19. The molecule has 2 bridgehead atoms. The van der Waals surface area contributed by atoms with Crippen molar-refractivity contribution in [3.63, 3.8) is 0 Å². The molecule has 2 saturated heterocycles. The maximum Gasteiger partial charge on any atom is 0.311 e. The van der Waals surface area contributed by atoms with Gasteiger partial charge >= 0.3 is 5.97 Å². The molecule has 1 aromatic rings. The Labute approximate surface area is 155 Å². The van der Waals surface area contributed by atoms with Gasteiger partial charge in [0.25, 0.3) is 0 Å². The van der Waals surface area contributed by atoms with Crippen LogP contribution in [0.25, 0.3) is 0 Å². The minimum absolute atomic E-state index is 0.00136. The van der Waals surface area contributed by atoms with Gasteiger partial charge in [-0.1, -0.05) is 25.1 Å². The molecule has 3 aliphatic heterocycles. The number of rotatable bonds is 1. The zero-order chi connectivity index (χ0) is 17.9. The number of hydrogen-bond donors (Lipinski definition) is 1. The zero-order valence-corrected chi connectivity index (χ0v) is 16.0. The van der Waals surface area contributed by atoms with E-state index in [1.807, 2.05) is 0 Å². The topological polar surface area (TPSA) is 38.3 Å². The van der Waals surface area contributed by atoms with Crippen molar-refractivity contribution in [1.29, 1.82) is 0 Å². The predicted octanol–water partition coefficient (Wildman–Crippen LogP) is 2.93. The molecule has 3 spiro atoms. The summed E-state index contributed by atoms with van der Waals surface area (Å²) in [6.07, 6.45) is 4.76. The summed E-state index contributed by atoms with van der Waals surface area (Å²) in [5, 5.41) is 3.99. The second-order valence-electron chi connectivity index (χ2n) is 9.93. The number of ether oxygens (including phenoxy) is 1. The van der Waals surface area contributed by atoms with E-state index in [9.17, 15) is 4.79 Å². The van der Waals surface area contributed by atoms with Crippen molar-refractivity contribution in [2.45, 2.75) is 49.6 Å². The van der Waals surface area contributed by atoms with Gasteiger partial charge in [0.2, 0.25) is 0 Å². The number of carbonyl (C=O) groups is 1. The monoisotopic (exact) mass is 353 g/mol. The number of nitrogens with zero attached hydrogens (tertiary/aromatic N) is 1. The molecule has 6 rings (SSSR count). The van der Waals surface area contributed by atoms with Gasteiger partial charge in [0, 0.05) is 17.5 Å². The third kappa shape index (κ3) is 1.24. The number of piperidine rings is 1. The highest BCUT2D eigenvalue weighted by molar-refractivity contribution is 5.82. The predicted molar refractivity (Wildman–Crippen MR) is 99.8 cm³/mol. The zero-order valence-electron chi connectivity index (χ0n) is 16.0. The summed E-state index contributed by atoms with van der Waals surface area (Å²) in [5.41, 5.74) is 2.92. The first-order chi connectivity index (χ1) is 12.5. The summed E-state index contributed by atoms with van der Waals surface area (Å²) < 4.78 is 6.56. The fourth-order valence-corrected chi connectivity index (χ4v) is 9.19. The molecule has 2 saturated carbocycles. The molecule has 4 fully saturated rings. The van der Waals surface area contributed by atoms with E-state index < -0.39 is 0 Å². The van der Waals surface area contributed by atoms with E-state index >= 15 is 0 Å². The highest BCUT2D eigenvalue weighted by Crippen LogP contribution is 2.80. The standard InChI is InChI=1S/C22H29N2O2/c1-14-20-9-6-11-24(2)12-10-21(19(20)24)15-7-4-5-8-17(15)23-22(14,21)16(13-20)18(25)26-3/h4-5,7-8,14,16,19,23H,6,9-13H2,1-3H3/q+1/t14-,16-,19+,20+,21-,22-,24?/m1/s1. The lowest BCUT2D eigenvalue weighted by atomic mass is 9.56.